The molecule has 1 unspecified atom stereocenters. The molecule has 3 rings (SSSR count). The second-order valence-electron chi connectivity index (χ2n) is 6.44. The predicted molar refractivity (Wildman–Crippen MR) is 77.7 cm³/mol. The van der Waals surface area contributed by atoms with E-state index in [1.54, 1.807) is 4.90 Å². The minimum Gasteiger partial charge on any atom is -0.377 e. The number of likely N-dealkylation sites (tertiary alicyclic amines) is 1. The van der Waals surface area contributed by atoms with Crippen LogP contribution in [0.3, 0.4) is 0 Å². The Hall–Kier alpha value is -1.14. The Morgan fingerprint density at radius 1 is 1.29 bits per heavy atom. The summed E-state index contributed by atoms with van der Waals surface area (Å²) in [6.07, 6.45) is 5.08. The van der Waals surface area contributed by atoms with Crippen molar-refractivity contribution >= 4 is 11.8 Å². The molecule has 0 bridgehead atoms. The summed E-state index contributed by atoms with van der Waals surface area (Å²) < 4.78 is 5.95. The molecular formula is C15H25N3O3. The standard InChI is InChI=1S/C15H25N3O3/c19-14-9-18(7-5-16-14)15(20)10-17-6-1-2-13(8-17)21-11-12-3-4-12/h12-13H,1-11H2,(H,16,19). The summed E-state index contributed by atoms with van der Waals surface area (Å²) in [6, 6.07) is 0. The Balaban J connectivity index is 1.42. The molecule has 1 aliphatic carbocycles. The van der Waals surface area contributed by atoms with Crippen molar-refractivity contribution in [2.24, 2.45) is 5.92 Å². The van der Waals surface area contributed by atoms with E-state index in [9.17, 15) is 9.59 Å². The highest BCUT2D eigenvalue weighted by Gasteiger charge is 2.28. The average molecular weight is 295 g/mol. The molecule has 0 radical (unpaired) electrons. The summed E-state index contributed by atoms with van der Waals surface area (Å²) in [5, 5.41) is 2.74. The van der Waals surface area contributed by atoms with E-state index in [4.69, 9.17) is 4.74 Å². The Kier molecular flexibility index (Phi) is 4.75. The molecule has 1 atom stereocenters. The number of rotatable bonds is 5. The first-order valence-electron chi connectivity index (χ1n) is 8.09. The molecule has 3 fully saturated rings. The Labute approximate surface area is 125 Å². The molecule has 0 spiro atoms. The topological polar surface area (TPSA) is 61.9 Å². The van der Waals surface area contributed by atoms with Crippen molar-refractivity contribution in [3.63, 3.8) is 0 Å². The van der Waals surface area contributed by atoms with Crippen LogP contribution in [-0.4, -0.2) is 73.6 Å². The van der Waals surface area contributed by atoms with Crippen LogP contribution in [0.4, 0.5) is 0 Å². The minimum atomic E-state index is -0.0566. The van der Waals surface area contributed by atoms with E-state index in [0.717, 1.165) is 38.5 Å². The van der Waals surface area contributed by atoms with Crippen LogP contribution in [0.2, 0.25) is 0 Å². The number of carbonyl (C=O) groups is 2. The zero-order valence-electron chi connectivity index (χ0n) is 12.6. The molecule has 6 heteroatoms. The molecule has 6 nitrogen and oxygen atoms in total. The fraction of sp³-hybridized carbons (Fsp3) is 0.867. The van der Waals surface area contributed by atoms with E-state index in [-0.39, 0.29) is 24.5 Å². The van der Waals surface area contributed by atoms with Gasteiger partial charge in [0.2, 0.25) is 11.8 Å². The number of nitrogens with one attached hydrogen (secondary N) is 1. The van der Waals surface area contributed by atoms with Crippen molar-refractivity contribution in [3.8, 4) is 0 Å². The first-order valence-corrected chi connectivity index (χ1v) is 8.09. The van der Waals surface area contributed by atoms with Crippen LogP contribution in [0, 0.1) is 5.92 Å². The van der Waals surface area contributed by atoms with Crippen LogP contribution in [0.25, 0.3) is 0 Å². The fourth-order valence-corrected chi connectivity index (χ4v) is 2.99. The van der Waals surface area contributed by atoms with Crippen LogP contribution in [0.1, 0.15) is 25.7 Å². The van der Waals surface area contributed by atoms with Gasteiger partial charge in [0.15, 0.2) is 0 Å². The van der Waals surface area contributed by atoms with Gasteiger partial charge in [-0.15, -0.1) is 0 Å². The van der Waals surface area contributed by atoms with Gasteiger partial charge in [0, 0.05) is 26.2 Å². The van der Waals surface area contributed by atoms with E-state index in [1.165, 1.54) is 12.8 Å². The number of piperazine rings is 1. The largest absolute Gasteiger partial charge is 0.377 e. The number of ether oxygens (including phenoxy) is 1. The molecule has 2 amide bonds. The van der Waals surface area contributed by atoms with Gasteiger partial charge in [-0.1, -0.05) is 0 Å². The number of piperidine rings is 1. The van der Waals surface area contributed by atoms with Gasteiger partial charge in [-0.05, 0) is 38.1 Å². The summed E-state index contributed by atoms with van der Waals surface area (Å²) in [4.78, 5) is 27.4. The van der Waals surface area contributed by atoms with Gasteiger partial charge in [0.05, 0.1) is 19.2 Å². The van der Waals surface area contributed by atoms with Crippen molar-refractivity contribution in [3.05, 3.63) is 0 Å². The van der Waals surface area contributed by atoms with Gasteiger partial charge >= 0.3 is 0 Å². The van der Waals surface area contributed by atoms with Gasteiger partial charge in [0.1, 0.15) is 0 Å². The highest BCUT2D eigenvalue weighted by molar-refractivity contribution is 5.86. The van der Waals surface area contributed by atoms with E-state index < -0.39 is 0 Å². The van der Waals surface area contributed by atoms with Crippen molar-refractivity contribution in [2.75, 3.05) is 45.9 Å². The molecule has 1 N–H and O–H groups in total. The maximum Gasteiger partial charge on any atom is 0.239 e. The SMILES string of the molecule is O=C1CN(C(=O)CN2CCCC(OCC3CC3)C2)CCN1. The lowest BCUT2D eigenvalue weighted by molar-refractivity contribution is -0.139. The number of hydrogen-bond donors (Lipinski definition) is 1. The van der Waals surface area contributed by atoms with Crippen LogP contribution >= 0.6 is 0 Å². The highest BCUT2D eigenvalue weighted by atomic mass is 16.5. The number of nitrogens with zero attached hydrogens (tertiary/aromatic N) is 2. The van der Waals surface area contributed by atoms with Crippen molar-refractivity contribution in [1.82, 2.24) is 15.1 Å². The minimum absolute atomic E-state index is 0.0566. The third-order valence-corrected chi connectivity index (χ3v) is 4.48. The second-order valence-corrected chi connectivity index (χ2v) is 6.44. The van der Waals surface area contributed by atoms with Gasteiger partial charge in [-0.25, -0.2) is 0 Å². The Bertz CT molecular complexity index is 398. The van der Waals surface area contributed by atoms with E-state index in [1.807, 2.05) is 0 Å². The summed E-state index contributed by atoms with van der Waals surface area (Å²) in [7, 11) is 0. The van der Waals surface area contributed by atoms with E-state index in [2.05, 4.69) is 10.2 Å². The first kappa shape index (κ1) is 14.8. The van der Waals surface area contributed by atoms with Gasteiger partial charge in [0.25, 0.3) is 0 Å². The van der Waals surface area contributed by atoms with Crippen molar-refractivity contribution in [2.45, 2.75) is 31.8 Å². The van der Waals surface area contributed by atoms with Crippen LogP contribution < -0.4 is 5.32 Å². The monoisotopic (exact) mass is 295 g/mol. The molecular weight excluding hydrogens is 270 g/mol. The molecule has 1 saturated carbocycles. The van der Waals surface area contributed by atoms with Gasteiger partial charge < -0.3 is 15.0 Å². The molecule has 2 saturated heterocycles. The number of hydrogen-bond acceptors (Lipinski definition) is 4. The zero-order chi connectivity index (χ0) is 14.7. The Morgan fingerprint density at radius 2 is 2.14 bits per heavy atom. The van der Waals surface area contributed by atoms with Crippen molar-refractivity contribution in [1.29, 1.82) is 0 Å². The summed E-state index contributed by atoms with van der Waals surface area (Å²) in [6.45, 7) is 4.49. The summed E-state index contributed by atoms with van der Waals surface area (Å²) >= 11 is 0. The van der Waals surface area contributed by atoms with Crippen LogP contribution in [0.15, 0.2) is 0 Å². The lowest BCUT2D eigenvalue weighted by atomic mass is 10.1. The Morgan fingerprint density at radius 3 is 2.90 bits per heavy atom. The second kappa shape index (κ2) is 6.75. The van der Waals surface area contributed by atoms with Crippen molar-refractivity contribution < 1.29 is 14.3 Å². The quantitative estimate of drug-likeness (QED) is 0.765. The third kappa shape index (κ3) is 4.41. The van der Waals surface area contributed by atoms with E-state index >= 15 is 0 Å². The maximum absolute atomic E-state index is 12.3. The smallest absolute Gasteiger partial charge is 0.239 e. The number of carbonyl (C=O) groups excluding carboxylic acids is 2. The molecule has 0 aromatic heterocycles. The lowest BCUT2D eigenvalue weighted by Gasteiger charge is -2.34. The molecule has 21 heavy (non-hydrogen) atoms. The van der Waals surface area contributed by atoms with Crippen LogP contribution in [0.5, 0.6) is 0 Å². The number of amides is 2. The highest BCUT2D eigenvalue weighted by Crippen LogP contribution is 2.29. The summed E-state index contributed by atoms with van der Waals surface area (Å²) in [5.74, 6) is 0.792. The molecule has 118 valence electrons. The molecule has 0 aromatic carbocycles. The average Bonchev–Trinajstić information content (AvgIpc) is 3.30. The third-order valence-electron chi connectivity index (χ3n) is 4.48. The maximum atomic E-state index is 12.3. The molecule has 2 heterocycles. The van der Waals surface area contributed by atoms with Gasteiger partial charge in [-0.2, -0.15) is 0 Å². The van der Waals surface area contributed by atoms with Crippen LogP contribution in [-0.2, 0) is 14.3 Å². The fourth-order valence-electron chi connectivity index (χ4n) is 2.99. The van der Waals surface area contributed by atoms with E-state index in [0.29, 0.717) is 19.6 Å². The van der Waals surface area contributed by atoms with Gasteiger partial charge in [-0.3, -0.25) is 14.5 Å². The normalized spacial score (nSPS) is 27.5. The lowest BCUT2D eigenvalue weighted by Crippen LogP contribution is -2.53. The molecule has 3 aliphatic rings. The zero-order valence-corrected chi connectivity index (χ0v) is 12.6. The predicted octanol–water partition coefficient (Wildman–Crippen LogP) is -0.164. The molecule has 2 aliphatic heterocycles. The summed E-state index contributed by atoms with van der Waals surface area (Å²) in [5.41, 5.74) is 0. The molecule has 0 aromatic rings. The first-order chi connectivity index (χ1) is 10.2.